The van der Waals surface area contributed by atoms with Gasteiger partial charge in [0.05, 0.1) is 6.20 Å². The summed E-state index contributed by atoms with van der Waals surface area (Å²) in [5, 5.41) is 2.92. The lowest BCUT2D eigenvalue weighted by molar-refractivity contribution is 0.0671. The van der Waals surface area contributed by atoms with Gasteiger partial charge in [0, 0.05) is 43.6 Å². The number of rotatable bonds is 4. The predicted octanol–water partition coefficient (Wildman–Crippen LogP) is 4.17. The number of carbonyl (C=O) groups excluding carboxylic acids is 2. The molecular formula is C24H24N4O3. The van der Waals surface area contributed by atoms with E-state index in [2.05, 4.69) is 10.3 Å². The van der Waals surface area contributed by atoms with Crippen molar-refractivity contribution < 1.29 is 14.3 Å². The molecule has 4 rings (SSSR count). The van der Waals surface area contributed by atoms with Crippen molar-refractivity contribution in [1.82, 2.24) is 14.8 Å². The van der Waals surface area contributed by atoms with Gasteiger partial charge in [-0.3, -0.25) is 9.78 Å². The Hall–Kier alpha value is -3.87. The van der Waals surface area contributed by atoms with Gasteiger partial charge in [0.1, 0.15) is 11.5 Å². The van der Waals surface area contributed by atoms with E-state index in [-0.39, 0.29) is 11.9 Å². The fourth-order valence-corrected chi connectivity index (χ4v) is 3.43. The van der Waals surface area contributed by atoms with E-state index in [0.29, 0.717) is 43.2 Å². The molecule has 0 bridgehead atoms. The smallest absolute Gasteiger partial charge is 0.321 e. The van der Waals surface area contributed by atoms with Crippen LogP contribution in [0.2, 0.25) is 0 Å². The van der Waals surface area contributed by atoms with Crippen LogP contribution >= 0.6 is 0 Å². The summed E-state index contributed by atoms with van der Waals surface area (Å²) in [5.74, 6) is 1.23. The molecule has 1 aliphatic heterocycles. The number of nitrogens with zero attached hydrogens (tertiary/aromatic N) is 3. The van der Waals surface area contributed by atoms with Crippen molar-refractivity contribution in [2.45, 2.75) is 6.92 Å². The lowest BCUT2D eigenvalue weighted by Crippen LogP contribution is -2.51. The maximum Gasteiger partial charge on any atom is 0.321 e. The molecule has 0 radical (unpaired) electrons. The zero-order valence-electron chi connectivity index (χ0n) is 17.3. The number of piperazine rings is 1. The minimum absolute atomic E-state index is 0.0494. The maximum absolute atomic E-state index is 12.8. The Morgan fingerprint density at radius 2 is 1.65 bits per heavy atom. The Labute approximate surface area is 181 Å². The van der Waals surface area contributed by atoms with Crippen molar-refractivity contribution in [3.05, 3.63) is 84.2 Å². The molecule has 158 valence electrons. The molecule has 2 aromatic carbocycles. The number of aromatic nitrogens is 1. The molecule has 3 aromatic rings. The highest BCUT2D eigenvalue weighted by Crippen LogP contribution is 2.21. The van der Waals surface area contributed by atoms with Crippen molar-refractivity contribution in [3.8, 4) is 11.5 Å². The van der Waals surface area contributed by atoms with Crippen LogP contribution < -0.4 is 10.1 Å². The van der Waals surface area contributed by atoms with Crippen LogP contribution in [0.5, 0.6) is 11.5 Å². The van der Waals surface area contributed by atoms with Crippen LogP contribution in [0.1, 0.15) is 15.9 Å². The molecule has 0 aliphatic carbocycles. The van der Waals surface area contributed by atoms with Gasteiger partial charge >= 0.3 is 6.03 Å². The standard InChI is InChI=1S/C24H24N4O3/c1-18-4-2-5-20(16-18)26-24(30)28-14-12-27(13-15-28)23(29)19-7-9-21(10-8-19)31-22-6-3-11-25-17-22/h2-11,16-17H,12-15H2,1H3,(H,26,30). The van der Waals surface area contributed by atoms with Gasteiger partial charge < -0.3 is 19.9 Å². The van der Waals surface area contributed by atoms with Crippen LogP contribution in [-0.4, -0.2) is 52.9 Å². The Morgan fingerprint density at radius 1 is 0.903 bits per heavy atom. The number of benzene rings is 2. The van der Waals surface area contributed by atoms with E-state index in [0.717, 1.165) is 11.3 Å². The van der Waals surface area contributed by atoms with E-state index in [4.69, 9.17) is 4.74 Å². The van der Waals surface area contributed by atoms with E-state index in [1.807, 2.05) is 37.3 Å². The van der Waals surface area contributed by atoms with E-state index in [1.165, 1.54) is 0 Å². The molecule has 0 saturated carbocycles. The number of hydrogen-bond donors (Lipinski definition) is 1. The number of nitrogens with one attached hydrogen (secondary N) is 1. The molecule has 3 amide bonds. The summed E-state index contributed by atoms with van der Waals surface area (Å²) in [5.41, 5.74) is 2.46. The quantitative estimate of drug-likeness (QED) is 0.693. The van der Waals surface area contributed by atoms with Crippen molar-refractivity contribution in [3.63, 3.8) is 0 Å². The molecule has 2 heterocycles. The molecule has 1 saturated heterocycles. The first kappa shape index (κ1) is 20.4. The third kappa shape index (κ3) is 5.19. The normalized spacial score (nSPS) is 13.6. The summed E-state index contributed by atoms with van der Waals surface area (Å²) >= 11 is 0. The third-order valence-electron chi connectivity index (χ3n) is 5.09. The SMILES string of the molecule is Cc1cccc(NC(=O)N2CCN(C(=O)c3ccc(Oc4cccnc4)cc3)CC2)c1. The van der Waals surface area contributed by atoms with Gasteiger partial charge in [-0.2, -0.15) is 0 Å². The zero-order chi connectivity index (χ0) is 21.6. The highest BCUT2D eigenvalue weighted by molar-refractivity contribution is 5.95. The van der Waals surface area contributed by atoms with Gasteiger partial charge in [-0.05, 0) is 61.0 Å². The van der Waals surface area contributed by atoms with Crippen molar-refractivity contribution in [2.75, 3.05) is 31.5 Å². The highest BCUT2D eigenvalue weighted by atomic mass is 16.5. The number of pyridine rings is 1. The Bertz CT molecular complexity index is 1050. The number of carbonyl (C=O) groups is 2. The minimum Gasteiger partial charge on any atom is -0.456 e. The second-order valence-electron chi connectivity index (χ2n) is 7.39. The molecule has 1 N–H and O–H groups in total. The number of amides is 3. The van der Waals surface area contributed by atoms with Gasteiger partial charge in [-0.1, -0.05) is 12.1 Å². The molecule has 0 atom stereocenters. The van der Waals surface area contributed by atoms with Gasteiger partial charge in [-0.25, -0.2) is 4.79 Å². The van der Waals surface area contributed by atoms with E-state index >= 15 is 0 Å². The van der Waals surface area contributed by atoms with Crippen LogP contribution in [0.4, 0.5) is 10.5 Å². The van der Waals surface area contributed by atoms with Crippen molar-refractivity contribution in [2.24, 2.45) is 0 Å². The highest BCUT2D eigenvalue weighted by Gasteiger charge is 2.25. The first-order chi connectivity index (χ1) is 15.1. The predicted molar refractivity (Wildman–Crippen MR) is 118 cm³/mol. The minimum atomic E-state index is -0.144. The van der Waals surface area contributed by atoms with Crippen LogP contribution in [0.3, 0.4) is 0 Å². The fraction of sp³-hybridized carbons (Fsp3) is 0.208. The molecule has 0 spiro atoms. The van der Waals surface area contributed by atoms with Crippen LogP contribution in [0.15, 0.2) is 73.1 Å². The van der Waals surface area contributed by atoms with E-state index in [9.17, 15) is 9.59 Å². The summed E-state index contributed by atoms with van der Waals surface area (Å²) in [7, 11) is 0. The lowest BCUT2D eigenvalue weighted by atomic mass is 10.1. The van der Waals surface area contributed by atoms with Gasteiger partial charge in [0.25, 0.3) is 5.91 Å². The van der Waals surface area contributed by atoms with Crippen LogP contribution in [-0.2, 0) is 0 Å². The number of urea groups is 1. The molecular weight excluding hydrogens is 392 g/mol. The molecule has 1 fully saturated rings. The molecule has 31 heavy (non-hydrogen) atoms. The summed E-state index contributed by atoms with van der Waals surface area (Å²) < 4.78 is 5.72. The molecule has 1 aromatic heterocycles. The average molecular weight is 416 g/mol. The lowest BCUT2D eigenvalue weighted by Gasteiger charge is -2.34. The summed E-state index contributed by atoms with van der Waals surface area (Å²) in [6.45, 7) is 3.96. The summed E-state index contributed by atoms with van der Waals surface area (Å²) in [4.78, 5) is 32.9. The molecule has 0 unspecified atom stereocenters. The summed E-state index contributed by atoms with van der Waals surface area (Å²) in [6.07, 6.45) is 3.31. The largest absolute Gasteiger partial charge is 0.456 e. The second kappa shape index (κ2) is 9.30. The first-order valence-corrected chi connectivity index (χ1v) is 10.2. The molecule has 7 nitrogen and oxygen atoms in total. The number of aryl methyl sites for hydroxylation is 1. The van der Waals surface area contributed by atoms with Gasteiger partial charge in [0.15, 0.2) is 0 Å². The first-order valence-electron chi connectivity index (χ1n) is 10.2. The van der Waals surface area contributed by atoms with E-state index in [1.54, 1.807) is 52.5 Å². The van der Waals surface area contributed by atoms with Crippen LogP contribution in [0, 0.1) is 6.92 Å². The second-order valence-corrected chi connectivity index (χ2v) is 7.39. The average Bonchev–Trinajstić information content (AvgIpc) is 2.80. The monoisotopic (exact) mass is 416 g/mol. The Morgan fingerprint density at radius 3 is 2.32 bits per heavy atom. The number of hydrogen-bond acceptors (Lipinski definition) is 4. The maximum atomic E-state index is 12.8. The molecule has 1 aliphatic rings. The Kier molecular flexibility index (Phi) is 6.12. The van der Waals surface area contributed by atoms with Crippen molar-refractivity contribution >= 4 is 17.6 Å². The van der Waals surface area contributed by atoms with Gasteiger partial charge in [0.2, 0.25) is 0 Å². The number of anilines is 1. The molecule has 7 heteroatoms. The van der Waals surface area contributed by atoms with Crippen molar-refractivity contribution in [1.29, 1.82) is 0 Å². The third-order valence-corrected chi connectivity index (χ3v) is 5.09. The summed E-state index contributed by atoms with van der Waals surface area (Å²) in [6, 6.07) is 18.2. The van der Waals surface area contributed by atoms with Gasteiger partial charge in [-0.15, -0.1) is 0 Å². The Balaban J connectivity index is 1.30. The van der Waals surface area contributed by atoms with Crippen LogP contribution in [0.25, 0.3) is 0 Å². The topological polar surface area (TPSA) is 74.8 Å². The zero-order valence-corrected chi connectivity index (χ0v) is 17.3. The van der Waals surface area contributed by atoms with E-state index < -0.39 is 0 Å². The number of ether oxygens (including phenoxy) is 1. The fourth-order valence-electron chi connectivity index (χ4n) is 3.43.